The highest BCUT2D eigenvalue weighted by Crippen LogP contribution is 2.11. The van der Waals surface area contributed by atoms with Gasteiger partial charge in [0.05, 0.1) is 0 Å². The van der Waals surface area contributed by atoms with Crippen molar-refractivity contribution in [3.63, 3.8) is 0 Å². The van der Waals surface area contributed by atoms with Crippen molar-refractivity contribution in [3.05, 3.63) is 0 Å². The smallest absolute Gasteiger partial charge is 0.134 e. The highest BCUT2D eigenvalue weighted by molar-refractivity contribution is 5.80. The first-order chi connectivity index (χ1) is 4.20. The summed E-state index contributed by atoms with van der Waals surface area (Å²) in [5.41, 5.74) is 11.1. The molecule has 9 heavy (non-hydrogen) atoms. The predicted molar refractivity (Wildman–Crippen MR) is 34.8 cm³/mol. The Kier molecular flexibility index (Phi) is 1.83. The van der Waals surface area contributed by atoms with E-state index in [4.69, 9.17) is 11.5 Å². The molecule has 0 aromatic carbocycles. The lowest BCUT2D eigenvalue weighted by atomic mass is 9.91. The minimum Gasteiger partial charge on any atom is -0.326 e. The third-order valence-corrected chi connectivity index (χ3v) is 1.77. The Bertz CT molecular complexity index is 124. The quantitative estimate of drug-likeness (QED) is 0.457. The number of carbonyl (C=O) groups excluding carboxylic acids is 1. The second-order valence-corrected chi connectivity index (χ2v) is 2.61. The zero-order valence-corrected chi connectivity index (χ0v) is 5.34. The topological polar surface area (TPSA) is 69.1 Å². The lowest BCUT2D eigenvalue weighted by molar-refractivity contribution is -0.120. The molecule has 1 aliphatic carbocycles. The van der Waals surface area contributed by atoms with Gasteiger partial charge in [-0.1, -0.05) is 0 Å². The zero-order valence-electron chi connectivity index (χ0n) is 5.34. The average molecular weight is 128 g/mol. The summed E-state index contributed by atoms with van der Waals surface area (Å²) < 4.78 is 0. The van der Waals surface area contributed by atoms with Crippen LogP contribution in [0.15, 0.2) is 0 Å². The molecule has 2 atom stereocenters. The van der Waals surface area contributed by atoms with Gasteiger partial charge in [-0.05, 0) is 6.42 Å². The van der Waals surface area contributed by atoms with Gasteiger partial charge in [-0.3, -0.25) is 4.79 Å². The van der Waals surface area contributed by atoms with E-state index in [0.29, 0.717) is 12.8 Å². The van der Waals surface area contributed by atoms with Crippen LogP contribution in [0.3, 0.4) is 0 Å². The maximum atomic E-state index is 10.7. The second kappa shape index (κ2) is 2.45. The fourth-order valence-electron chi connectivity index (χ4n) is 1.06. The van der Waals surface area contributed by atoms with Crippen molar-refractivity contribution in [3.8, 4) is 0 Å². The van der Waals surface area contributed by atoms with E-state index in [1.54, 1.807) is 0 Å². The van der Waals surface area contributed by atoms with Crippen LogP contribution in [-0.4, -0.2) is 17.9 Å². The summed E-state index contributed by atoms with van der Waals surface area (Å²) >= 11 is 0. The number of ketones is 1. The van der Waals surface area contributed by atoms with Crippen LogP contribution >= 0.6 is 0 Å². The first-order valence-corrected chi connectivity index (χ1v) is 3.23. The van der Waals surface area contributed by atoms with E-state index in [-0.39, 0.29) is 17.9 Å². The molecule has 1 saturated carbocycles. The molecule has 0 amide bonds. The van der Waals surface area contributed by atoms with Crippen molar-refractivity contribution in [2.45, 2.75) is 31.3 Å². The SMILES string of the molecule is NC1CCC(=O)CC1N. The Morgan fingerprint density at radius 3 is 2.44 bits per heavy atom. The molecule has 0 aromatic heterocycles. The third kappa shape index (κ3) is 1.50. The van der Waals surface area contributed by atoms with Gasteiger partial charge in [0.2, 0.25) is 0 Å². The van der Waals surface area contributed by atoms with Crippen molar-refractivity contribution >= 4 is 5.78 Å². The molecule has 0 heterocycles. The van der Waals surface area contributed by atoms with Gasteiger partial charge in [-0.25, -0.2) is 0 Å². The highest BCUT2D eigenvalue weighted by atomic mass is 16.1. The number of Topliss-reactive ketones (excluding diaryl/α,β-unsaturated/α-hetero) is 1. The molecule has 1 aliphatic rings. The molecule has 0 bridgehead atoms. The van der Waals surface area contributed by atoms with Gasteiger partial charge in [0, 0.05) is 24.9 Å². The van der Waals surface area contributed by atoms with Crippen LogP contribution in [-0.2, 0) is 4.79 Å². The average Bonchev–Trinajstić information content (AvgIpc) is 1.80. The maximum absolute atomic E-state index is 10.7. The molecular formula is C6H12N2O. The van der Waals surface area contributed by atoms with Gasteiger partial charge in [0.1, 0.15) is 5.78 Å². The molecule has 0 spiro atoms. The van der Waals surface area contributed by atoms with Crippen molar-refractivity contribution in [2.24, 2.45) is 11.5 Å². The van der Waals surface area contributed by atoms with E-state index < -0.39 is 0 Å². The molecule has 0 saturated heterocycles. The van der Waals surface area contributed by atoms with Crippen molar-refractivity contribution in [1.29, 1.82) is 0 Å². The summed E-state index contributed by atoms with van der Waals surface area (Å²) in [5.74, 6) is 0.254. The standard InChI is InChI=1S/C6H12N2O/c7-5-2-1-4(9)3-6(5)8/h5-6H,1-3,7-8H2. The van der Waals surface area contributed by atoms with Crippen molar-refractivity contribution in [2.75, 3.05) is 0 Å². The maximum Gasteiger partial charge on any atom is 0.134 e. The predicted octanol–water partition coefficient (Wildman–Crippen LogP) is -0.606. The number of rotatable bonds is 0. The minimum atomic E-state index is -0.0914. The highest BCUT2D eigenvalue weighted by Gasteiger charge is 2.22. The molecule has 2 unspecified atom stereocenters. The van der Waals surface area contributed by atoms with E-state index in [0.717, 1.165) is 6.42 Å². The molecule has 0 aromatic rings. The fourth-order valence-corrected chi connectivity index (χ4v) is 1.06. The number of hydrogen-bond donors (Lipinski definition) is 2. The summed E-state index contributed by atoms with van der Waals surface area (Å²) in [5, 5.41) is 0. The van der Waals surface area contributed by atoms with E-state index in [1.165, 1.54) is 0 Å². The van der Waals surface area contributed by atoms with Crippen molar-refractivity contribution < 1.29 is 4.79 Å². The fraction of sp³-hybridized carbons (Fsp3) is 0.833. The Morgan fingerprint density at radius 2 is 2.00 bits per heavy atom. The number of hydrogen-bond acceptors (Lipinski definition) is 3. The summed E-state index contributed by atoms with van der Waals surface area (Å²) in [4.78, 5) is 10.7. The van der Waals surface area contributed by atoms with Crippen LogP contribution in [0.2, 0.25) is 0 Å². The monoisotopic (exact) mass is 128 g/mol. The molecule has 3 nitrogen and oxygen atoms in total. The van der Waals surface area contributed by atoms with Crippen LogP contribution in [0.25, 0.3) is 0 Å². The van der Waals surface area contributed by atoms with Crippen LogP contribution < -0.4 is 11.5 Å². The number of carbonyl (C=O) groups is 1. The Balaban J connectivity index is 2.44. The van der Waals surface area contributed by atoms with Gasteiger partial charge < -0.3 is 11.5 Å². The van der Waals surface area contributed by atoms with Gasteiger partial charge >= 0.3 is 0 Å². The van der Waals surface area contributed by atoms with Crippen LogP contribution in [0.4, 0.5) is 0 Å². The van der Waals surface area contributed by atoms with Gasteiger partial charge in [0.25, 0.3) is 0 Å². The lowest BCUT2D eigenvalue weighted by Crippen LogP contribution is -2.46. The third-order valence-electron chi connectivity index (χ3n) is 1.77. The Labute approximate surface area is 54.4 Å². The lowest BCUT2D eigenvalue weighted by Gasteiger charge is -2.23. The van der Waals surface area contributed by atoms with E-state index >= 15 is 0 Å². The van der Waals surface area contributed by atoms with Crippen LogP contribution in [0.5, 0.6) is 0 Å². The van der Waals surface area contributed by atoms with Crippen LogP contribution in [0, 0.1) is 0 Å². The van der Waals surface area contributed by atoms with Crippen LogP contribution in [0.1, 0.15) is 19.3 Å². The summed E-state index contributed by atoms with van der Waals surface area (Å²) in [6.07, 6.45) is 1.86. The molecule has 4 N–H and O–H groups in total. The van der Waals surface area contributed by atoms with E-state index in [9.17, 15) is 4.79 Å². The second-order valence-electron chi connectivity index (χ2n) is 2.61. The minimum absolute atomic E-state index is 0.0442. The van der Waals surface area contributed by atoms with Gasteiger partial charge in [-0.15, -0.1) is 0 Å². The van der Waals surface area contributed by atoms with E-state index in [2.05, 4.69) is 0 Å². The zero-order chi connectivity index (χ0) is 6.85. The largest absolute Gasteiger partial charge is 0.326 e. The summed E-state index contributed by atoms with van der Waals surface area (Å²) in [6.45, 7) is 0. The Hall–Kier alpha value is -0.410. The number of nitrogens with two attached hydrogens (primary N) is 2. The Morgan fingerprint density at radius 1 is 1.33 bits per heavy atom. The van der Waals surface area contributed by atoms with E-state index in [1.807, 2.05) is 0 Å². The summed E-state index contributed by atoms with van der Waals surface area (Å²) in [6, 6.07) is -0.0473. The molecule has 3 heteroatoms. The molecule has 0 aliphatic heterocycles. The first-order valence-electron chi connectivity index (χ1n) is 3.23. The van der Waals surface area contributed by atoms with Gasteiger partial charge in [-0.2, -0.15) is 0 Å². The van der Waals surface area contributed by atoms with Gasteiger partial charge in [0.15, 0.2) is 0 Å². The molecule has 1 rings (SSSR count). The molecule has 0 radical (unpaired) electrons. The molecule has 1 fully saturated rings. The first kappa shape index (κ1) is 6.71. The normalized spacial score (nSPS) is 36.9. The summed E-state index contributed by atoms with van der Waals surface area (Å²) in [7, 11) is 0. The molecule has 52 valence electrons. The molecular weight excluding hydrogens is 116 g/mol. The van der Waals surface area contributed by atoms with Crippen molar-refractivity contribution in [1.82, 2.24) is 0 Å².